The largest absolute Gasteiger partial charge is 0.352 e. The van der Waals surface area contributed by atoms with Crippen molar-refractivity contribution >= 4 is 11.8 Å². The number of nitrogens with one attached hydrogen (secondary N) is 1. The molecular formula is C21H22N2O2. The average Bonchev–Trinajstić information content (AvgIpc) is 2.67. The Labute approximate surface area is 148 Å². The van der Waals surface area contributed by atoms with Crippen LogP contribution in [-0.2, 0) is 16.0 Å². The lowest BCUT2D eigenvalue weighted by Crippen LogP contribution is -2.41. The Morgan fingerprint density at radius 3 is 2.60 bits per heavy atom. The van der Waals surface area contributed by atoms with Crippen LogP contribution < -0.4 is 5.32 Å². The predicted molar refractivity (Wildman–Crippen MR) is 98.0 cm³/mol. The Morgan fingerprint density at radius 2 is 1.84 bits per heavy atom. The monoisotopic (exact) mass is 334 g/mol. The Balaban J connectivity index is 1.84. The number of benzene rings is 2. The first-order valence-corrected chi connectivity index (χ1v) is 8.53. The molecule has 1 atom stereocenters. The van der Waals surface area contributed by atoms with E-state index in [0.717, 1.165) is 12.0 Å². The van der Waals surface area contributed by atoms with Crippen molar-refractivity contribution in [1.29, 1.82) is 0 Å². The van der Waals surface area contributed by atoms with Gasteiger partial charge in [-0.2, -0.15) is 0 Å². The van der Waals surface area contributed by atoms with Gasteiger partial charge in [-0.25, -0.2) is 0 Å². The molecule has 4 nitrogen and oxygen atoms in total. The molecule has 0 saturated carbocycles. The summed E-state index contributed by atoms with van der Waals surface area (Å²) in [6.45, 7) is 4.43. The Bertz CT molecular complexity index is 770. The number of hydrogen-bond donors (Lipinski definition) is 1. The van der Waals surface area contributed by atoms with Crippen molar-refractivity contribution in [3.8, 4) is 0 Å². The van der Waals surface area contributed by atoms with Crippen LogP contribution >= 0.6 is 0 Å². The van der Waals surface area contributed by atoms with Gasteiger partial charge < -0.3 is 10.2 Å². The minimum Gasteiger partial charge on any atom is -0.352 e. The van der Waals surface area contributed by atoms with Crippen LogP contribution in [0.25, 0.3) is 0 Å². The van der Waals surface area contributed by atoms with Crippen LogP contribution in [0.1, 0.15) is 29.2 Å². The lowest BCUT2D eigenvalue weighted by atomic mass is 9.88. The van der Waals surface area contributed by atoms with Gasteiger partial charge in [0.1, 0.15) is 0 Å². The van der Waals surface area contributed by atoms with Gasteiger partial charge in [0.05, 0.1) is 6.04 Å². The quantitative estimate of drug-likeness (QED) is 0.855. The molecule has 25 heavy (non-hydrogen) atoms. The molecule has 0 bridgehead atoms. The first kappa shape index (κ1) is 17.0. The fourth-order valence-corrected chi connectivity index (χ4v) is 3.34. The normalized spacial score (nSPS) is 16.0. The lowest BCUT2D eigenvalue weighted by molar-refractivity contribution is -0.133. The van der Waals surface area contributed by atoms with Crippen molar-refractivity contribution in [2.24, 2.45) is 0 Å². The van der Waals surface area contributed by atoms with Crippen LogP contribution in [0.15, 0.2) is 67.3 Å². The first-order valence-electron chi connectivity index (χ1n) is 8.53. The zero-order chi connectivity index (χ0) is 17.6. The van der Waals surface area contributed by atoms with E-state index in [0.29, 0.717) is 13.1 Å². The molecule has 3 rings (SSSR count). The van der Waals surface area contributed by atoms with Crippen molar-refractivity contribution in [1.82, 2.24) is 10.2 Å². The van der Waals surface area contributed by atoms with Gasteiger partial charge in [0.15, 0.2) is 0 Å². The van der Waals surface area contributed by atoms with E-state index in [-0.39, 0.29) is 24.3 Å². The van der Waals surface area contributed by atoms with Crippen LogP contribution in [0.5, 0.6) is 0 Å². The van der Waals surface area contributed by atoms with Crippen molar-refractivity contribution < 1.29 is 9.59 Å². The second kappa shape index (κ2) is 7.79. The van der Waals surface area contributed by atoms with Gasteiger partial charge in [-0.1, -0.05) is 61.2 Å². The molecular weight excluding hydrogens is 312 g/mol. The molecule has 0 saturated heterocycles. The zero-order valence-electron chi connectivity index (χ0n) is 14.2. The summed E-state index contributed by atoms with van der Waals surface area (Å²) in [7, 11) is 0. The second-order valence-corrected chi connectivity index (χ2v) is 6.09. The smallest absolute Gasteiger partial charge is 0.243 e. The van der Waals surface area contributed by atoms with E-state index >= 15 is 0 Å². The third-order valence-corrected chi connectivity index (χ3v) is 4.54. The summed E-state index contributed by atoms with van der Waals surface area (Å²) >= 11 is 0. The van der Waals surface area contributed by atoms with Gasteiger partial charge in [0.2, 0.25) is 11.8 Å². The molecule has 2 aromatic rings. The molecule has 0 aromatic heterocycles. The number of hydrogen-bond acceptors (Lipinski definition) is 2. The maximum absolute atomic E-state index is 12.8. The highest BCUT2D eigenvalue weighted by Gasteiger charge is 2.31. The van der Waals surface area contributed by atoms with Crippen LogP contribution in [0.2, 0.25) is 0 Å². The van der Waals surface area contributed by atoms with Gasteiger partial charge in [-0.05, 0) is 29.2 Å². The van der Waals surface area contributed by atoms with Gasteiger partial charge in [-0.3, -0.25) is 9.59 Å². The molecule has 0 unspecified atom stereocenters. The summed E-state index contributed by atoms with van der Waals surface area (Å²) in [6, 6.07) is 18.3. The highest BCUT2D eigenvalue weighted by atomic mass is 16.2. The van der Waals surface area contributed by atoms with Gasteiger partial charge in [0.25, 0.3) is 0 Å². The number of amides is 2. The third kappa shape index (κ3) is 3.79. The Kier molecular flexibility index (Phi) is 5.29. The maximum atomic E-state index is 12.8. The van der Waals surface area contributed by atoms with Crippen LogP contribution in [-0.4, -0.2) is 29.8 Å². The fourth-order valence-electron chi connectivity index (χ4n) is 3.34. The minimum atomic E-state index is -0.253. The summed E-state index contributed by atoms with van der Waals surface area (Å²) in [4.78, 5) is 26.0. The van der Waals surface area contributed by atoms with E-state index in [2.05, 4.69) is 36.2 Å². The molecule has 0 radical (unpaired) electrons. The van der Waals surface area contributed by atoms with E-state index in [1.165, 1.54) is 17.2 Å². The van der Waals surface area contributed by atoms with Gasteiger partial charge in [-0.15, -0.1) is 0 Å². The molecule has 4 heteroatoms. The Morgan fingerprint density at radius 1 is 1.12 bits per heavy atom. The summed E-state index contributed by atoms with van der Waals surface area (Å²) in [5, 5.41) is 2.67. The third-order valence-electron chi connectivity index (χ3n) is 4.54. The molecule has 1 aliphatic heterocycles. The van der Waals surface area contributed by atoms with E-state index < -0.39 is 0 Å². The van der Waals surface area contributed by atoms with Gasteiger partial charge in [0, 0.05) is 19.5 Å². The van der Waals surface area contributed by atoms with Crippen LogP contribution in [0.3, 0.4) is 0 Å². The van der Waals surface area contributed by atoms with E-state index in [1.807, 2.05) is 35.2 Å². The molecule has 1 N–H and O–H groups in total. The highest BCUT2D eigenvalue weighted by Crippen LogP contribution is 2.35. The molecule has 2 aromatic carbocycles. The molecule has 128 valence electrons. The van der Waals surface area contributed by atoms with E-state index in [1.54, 1.807) is 0 Å². The van der Waals surface area contributed by atoms with Crippen molar-refractivity contribution in [3.63, 3.8) is 0 Å². The van der Waals surface area contributed by atoms with Crippen LogP contribution in [0, 0.1) is 0 Å². The van der Waals surface area contributed by atoms with Gasteiger partial charge >= 0.3 is 0 Å². The fraction of sp³-hybridized carbons (Fsp3) is 0.238. The van der Waals surface area contributed by atoms with E-state index in [9.17, 15) is 9.59 Å². The van der Waals surface area contributed by atoms with Crippen LogP contribution in [0.4, 0.5) is 0 Å². The number of carbonyl (C=O) groups excluding carboxylic acids is 2. The Hall–Kier alpha value is -2.88. The highest BCUT2D eigenvalue weighted by molar-refractivity contribution is 5.87. The number of carbonyl (C=O) groups is 2. The first-order chi connectivity index (χ1) is 12.2. The molecule has 1 aliphatic rings. The minimum absolute atomic E-state index is 0.0488. The standard InChI is InChI=1S/C21H22N2O2/c1-2-19(24)22-14-12-20(25)23-15-13-16-8-6-7-11-18(16)21(23)17-9-4-3-5-10-17/h2-11,21H,1,12-15H2,(H,22,24)/t21-/m1/s1. The predicted octanol–water partition coefficient (Wildman–Crippen LogP) is 2.85. The second-order valence-electron chi connectivity index (χ2n) is 6.09. The number of rotatable bonds is 5. The van der Waals surface area contributed by atoms with Crippen molar-refractivity contribution in [3.05, 3.63) is 83.9 Å². The topological polar surface area (TPSA) is 49.4 Å². The number of fused-ring (bicyclic) bond motifs is 1. The zero-order valence-corrected chi connectivity index (χ0v) is 14.2. The molecule has 0 aliphatic carbocycles. The summed E-state index contributed by atoms with van der Waals surface area (Å²) in [6.07, 6.45) is 2.35. The summed E-state index contributed by atoms with van der Waals surface area (Å²) in [5.74, 6) is -0.205. The molecule has 0 spiro atoms. The maximum Gasteiger partial charge on any atom is 0.243 e. The van der Waals surface area contributed by atoms with Crippen molar-refractivity contribution in [2.75, 3.05) is 13.1 Å². The van der Waals surface area contributed by atoms with Crippen molar-refractivity contribution in [2.45, 2.75) is 18.9 Å². The molecule has 2 amide bonds. The SMILES string of the molecule is C=CC(=O)NCCC(=O)N1CCc2ccccc2[C@H]1c1ccccc1. The average molecular weight is 334 g/mol. The number of nitrogens with zero attached hydrogens (tertiary/aromatic N) is 1. The molecule has 1 heterocycles. The lowest BCUT2D eigenvalue weighted by Gasteiger charge is -2.38. The molecule has 0 fully saturated rings. The summed E-state index contributed by atoms with van der Waals surface area (Å²) < 4.78 is 0. The summed E-state index contributed by atoms with van der Waals surface area (Å²) in [5.41, 5.74) is 3.59. The van der Waals surface area contributed by atoms with E-state index in [4.69, 9.17) is 0 Å².